The second kappa shape index (κ2) is 13.0. The number of fused-ring (bicyclic) bond motifs is 1. The molecule has 2 aromatic carbocycles. The van der Waals surface area contributed by atoms with Crippen molar-refractivity contribution in [1.82, 2.24) is 0 Å². The van der Waals surface area contributed by atoms with Crippen molar-refractivity contribution in [2.24, 2.45) is 5.92 Å². The van der Waals surface area contributed by atoms with E-state index in [1.807, 2.05) is 42.5 Å². The summed E-state index contributed by atoms with van der Waals surface area (Å²) in [5.74, 6) is -0.561. The molecule has 0 amide bonds. The quantitative estimate of drug-likeness (QED) is 0.292. The Balaban J connectivity index is 2.12. The minimum atomic E-state index is -0.856. The minimum absolute atomic E-state index is 0.0424. The molecule has 5 nitrogen and oxygen atoms in total. The average molecular weight is 441 g/mol. The number of esters is 2. The van der Waals surface area contributed by atoms with Crippen LogP contribution in [0.25, 0.3) is 10.8 Å². The van der Waals surface area contributed by atoms with Crippen LogP contribution in [-0.4, -0.2) is 31.8 Å². The minimum Gasteiger partial charge on any atom is -0.466 e. The van der Waals surface area contributed by atoms with Crippen molar-refractivity contribution in [2.45, 2.75) is 65.6 Å². The molecule has 0 N–H and O–H groups in total. The normalized spacial score (nSPS) is 13.8. The fraction of sp³-hybridized carbons (Fsp3) is 0.481. The summed E-state index contributed by atoms with van der Waals surface area (Å²) in [6.45, 7) is 8.33. The van der Waals surface area contributed by atoms with Crippen molar-refractivity contribution in [2.75, 3.05) is 13.7 Å². The van der Waals surface area contributed by atoms with Gasteiger partial charge in [-0.15, -0.1) is 0 Å². The summed E-state index contributed by atoms with van der Waals surface area (Å²) in [6, 6.07) is 13.7. The summed E-state index contributed by atoms with van der Waals surface area (Å²) in [5, 5.41) is 2.11. The fourth-order valence-corrected chi connectivity index (χ4v) is 3.77. The molecule has 32 heavy (non-hydrogen) atoms. The number of methoxy groups -OCH3 is 1. The average Bonchev–Trinajstić information content (AvgIpc) is 2.74. The van der Waals surface area contributed by atoms with Gasteiger partial charge in [-0.05, 0) is 68.4 Å². The molecule has 0 heterocycles. The van der Waals surface area contributed by atoms with Gasteiger partial charge in [-0.25, -0.2) is 4.79 Å². The second-order valence-corrected chi connectivity index (χ2v) is 8.49. The molecule has 0 fully saturated rings. The molecule has 0 saturated carbocycles. The number of benzene rings is 2. The molecular formula is C27H36O5. The molecule has 0 radical (unpaired) electrons. The van der Waals surface area contributed by atoms with Gasteiger partial charge in [0, 0.05) is 7.11 Å². The Labute approximate surface area is 191 Å². The van der Waals surface area contributed by atoms with E-state index in [0.717, 1.165) is 29.2 Å². The third-order valence-corrected chi connectivity index (χ3v) is 5.39. The topological polar surface area (TPSA) is 61.8 Å². The molecule has 0 saturated heterocycles. The number of allylic oxidation sites excluding steroid dienone is 2. The highest BCUT2D eigenvalue weighted by molar-refractivity contribution is 5.85. The first-order chi connectivity index (χ1) is 15.3. The Kier molecular flexibility index (Phi) is 10.4. The van der Waals surface area contributed by atoms with Crippen LogP contribution in [0.5, 0.6) is 0 Å². The van der Waals surface area contributed by atoms with Crippen LogP contribution >= 0.6 is 0 Å². The highest BCUT2D eigenvalue weighted by atomic mass is 16.6. The van der Waals surface area contributed by atoms with Crippen LogP contribution < -0.4 is 0 Å². The second-order valence-electron chi connectivity index (χ2n) is 8.49. The van der Waals surface area contributed by atoms with E-state index in [0.29, 0.717) is 18.9 Å². The molecule has 174 valence electrons. The Morgan fingerprint density at radius 3 is 2.44 bits per heavy atom. The van der Waals surface area contributed by atoms with E-state index in [4.69, 9.17) is 14.2 Å². The fourth-order valence-electron chi connectivity index (χ4n) is 3.77. The van der Waals surface area contributed by atoms with Crippen LogP contribution in [0.15, 0.2) is 54.1 Å². The molecule has 1 unspecified atom stereocenters. The molecule has 2 aromatic rings. The van der Waals surface area contributed by atoms with Gasteiger partial charge in [0.15, 0.2) is 6.10 Å². The van der Waals surface area contributed by atoms with E-state index in [2.05, 4.69) is 26.8 Å². The molecule has 0 aliphatic carbocycles. The summed E-state index contributed by atoms with van der Waals surface area (Å²) in [6.07, 6.45) is 3.34. The molecule has 0 aliphatic rings. The monoisotopic (exact) mass is 440 g/mol. The molecule has 3 atom stereocenters. The zero-order chi connectivity index (χ0) is 23.5. The lowest BCUT2D eigenvalue weighted by atomic mass is 9.96. The van der Waals surface area contributed by atoms with E-state index in [1.54, 1.807) is 6.92 Å². The Morgan fingerprint density at radius 1 is 1.06 bits per heavy atom. The predicted octanol–water partition coefficient (Wildman–Crippen LogP) is 6.16. The van der Waals surface area contributed by atoms with Gasteiger partial charge in [0.1, 0.15) is 6.10 Å². The van der Waals surface area contributed by atoms with Crippen LogP contribution in [0.2, 0.25) is 0 Å². The summed E-state index contributed by atoms with van der Waals surface area (Å²) in [4.78, 5) is 25.2. The van der Waals surface area contributed by atoms with Crippen LogP contribution in [0.4, 0.5) is 0 Å². The molecule has 0 aliphatic heterocycles. The predicted molar refractivity (Wildman–Crippen MR) is 127 cm³/mol. The SMILES string of the molecule is CCOC(=O)C[C@@H](C[C@H](C)CCC=C(C)C)OC(=O)C(OC)c1ccc2ccccc2c1. The third kappa shape index (κ3) is 8.12. The van der Waals surface area contributed by atoms with E-state index in [-0.39, 0.29) is 12.4 Å². The first kappa shape index (κ1) is 25.6. The van der Waals surface area contributed by atoms with Gasteiger partial charge in [-0.2, -0.15) is 0 Å². The molecule has 2 rings (SSSR count). The van der Waals surface area contributed by atoms with Crippen molar-refractivity contribution < 1.29 is 23.8 Å². The zero-order valence-corrected chi connectivity index (χ0v) is 19.9. The highest BCUT2D eigenvalue weighted by Gasteiger charge is 2.28. The van der Waals surface area contributed by atoms with Crippen LogP contribution in [0.3, 0.4) is 0 Å². The van der Waals surface area contributed by atoms with Gasteiger partial charge in [-0.3, -0.25) is 4.79 Å². The maximum Gasteiger partial charge on any atom is 0.340 e. The largest absolute Gasteiger partial charge is 0.466 e. The van der Waals surface area contributed by atoms with E-state index in [1.165, 1.54) is 12.7 Å². The van der Waals surface area contributed by atoms with Gasteiger partial charge in [0.05, 0.1) is 13.0 Å². The van der Waals surface area contributed by atoms with Crippen molar-refractivity contribution in [3.8, 4) is 0 Å². The molecule has 0 bridgehead atoms. The summed E-state index contributed by atoms with van der Waals surface area (Å²) in [5.41, 5.74) is 2.01. The Morgan fingerprint density at radius 2 is 1.78 bits per heavy atom. The Hall–Kier alpha value is -2.66. The van der Waals surface area contributed by atoms with Crippen LogP contribution in [-0.2, 0) is 23.8 Å². The van der Waals surface area contributed by atoms with Crippen molar-refractivity contribution in [1.29, 1.82) is 0 Å². The first-order valence-corrected chi connectivity index (χ1v) is 11.3. The number of hydrogen-bond acceptors (Lipinski definition) is 5. The lowest BCUT2D eigenvalue weighted by Gasteiger charge is -2.23. The number of rotatable bonds is 12. The number of carbonyl (C=O) groups excluding carboxylic acids is 2. The van der Waals surface area contributed by atoms with E-state index >= 15 is 0 Å². The lowest BCUT2D eigenvalue weighted by Crippen LogP contribution is -2.28. The maximum atomic E-state index is 13.0. The maximum absolute atomic E-state index is 13.0. The lowest BCUT2D eigenvalue weighted by molar-refractivity contribution is -0.165. The first-order valence-electron chi connectivity index (χ1n) is 11.3. The van der Waals surface area contributed by atoms with Crippen molar-refractivity contribution in [3.05, 3.63) is 59.7 Å². The van der Waals surface area contributed by atoms with Gasteiger partial charge < -0.3 is 14.2 Å². The summed E-state index contributed by atoms with van der Waals surface area (Å²) >= 11 is 0. The number of carbonyl (C=O) groups is 2. The standard InChI is InChI=1S/C27H36O5/c1-6-31-25(28)18-24(16-20(4)11-9-10-19(2)3)32-27(29)26(30-5)23-15-14-21-12-7-8-13-22(21)17-23/h7-8,10,12-15,17,20,24,26H,6,9,11,16,18H2,1-5H3/t20-,24-,26?/m1/s1. The summed E-state index contributed by atoms with van der Waals surface area (Å²) < 4.78 is 16.4. The number of hydrogen-bond donors (Lipinski definition) is 0. The smallest absolute Gasteiger partial charge is 0.340 e. The molecule has 0 spiro atoms. The highest BCUT2D eigenvalue weighted by Crippen LogP contribution is 2.26. The summed E-state index contributed by atoms with van der Waals surface area (Å²) in [7, 11) is 1.49. The molecule has 5 heteroatoms. The van der Waals surface area contributed by atoms with E-state index < -0.39 is 18.2 Å². The van der Waals surface area contributed by atoms with E-state index in [9.17, 15) is 9.59 Å². The molecular weight excluding hydrogens is 404 g/mol. The van der Waals surface area contributed by atoms with Crippen LogP contribution in [0, 0.1) is 5.92 Å². The number of ether oxygens (including phenoxy) is 3. The molecule has 0 aromatic heterocycles. The third-order valence-electron chi connectivity index (χ3n) is 5.39. The zero-order valence-electron chi connectivity index (χ0n) is 19.9. The Bertz CT molecular complexity index is 913. The van der Waals surface area contributed by atoms with Gasteiger partial charge >= 0.3 is 11.9 Å². The van der Waals surface area contributed by atoms with Crippen molar-refractivity contribution in [3.63, 3.8) is 0 Å². The van der Waals surface area contributed by atoms with Gasteiger partial charge in [0.2, 0.25) is 0 Å². The van der Waals surface area contributed by atoms with Gasteiger partial charge in [0.25, 0.3) is 0 Å². The van der Waals surface area contributed by atoms with Gasteiger partial charge in [-0.1, -0.05) is 55.0 Å². The van der Waals surface area contributed by atoms with Crippen molar-refractivity contribution >= 4 is 22.7 Å². The van der Waals surface area contributed by atoms with Crippen LogP contribution in [0.1, 0.15) is 65.0 Å².